The number of nitrogens with zero attached hydrogens (tertiary/aromatic N) is 1. The molecule has 0 aromatic heterocycles. The van der Waals surface area contributed by atoms with Crippen molar-refractivity contribution in [1.29, 1.82) is 0 Å². The summed E-state index contributed by atoms with van der Waals surface area (Å²) in [6.07, 6.45) is -6.92. The summed E-state index contributed by atoms with van der Waals surface area (Å²) < 4.78 is 62.1. The lowest BCUT2D eigenvalue weighted by Crippen LogP contribution is -2.57. The Labute approximate surface area is 92.0 Å². The minimum absolute atomic E-state index is 0.328. The Kier molecular flexibility index (Phi) is 3.30. The van der Waals surface area contributed by atoms with Crippen LogP contribution < -0.4 is 0 Å². The van der Waals surface area contributed by atoms with E-state index in [9.17, 15) is 31.5 Å². The number of carbonyl (C=O) groups excluding carboxylic acids is 1. The van der Waals surface area contributed by atoms with E-state index in [1.807, 2.05) is 0 Å². The zero-order valence-electron chi connectivity index (χ0n) is 8.30. The highest BCUT2D eigenvalue weighted by molar-refractivity contribution is 5.87. The summed E-state index contributed by atoms with van der Waals surface area (Å²) in [7, 11) is 0. The van der Waals surface area contributed by atoms with Crippen LogP contribution in [0.2, 0.25) is 0 Å². The van der Waals surface area contributed by atoms with Crippen molar-refractivity contribution in [3.63, 3.8) is 0 Å². The number of alkyl halides is 5. The van der Waals surface area contributed by atoms with Crippen LogP contribution in [0.15, 0.2) is 0 Å². The molecule has 1 fully saturated rings. The highest BCUT2D eigenvalue weighted by Gasteiger charge is 2.52. The summed E-state index contributed by atoms with van der Waals surface area (Å²) in [4.78, 5) is 21.1. The predicted molar refractivity (Wildman–Crippen MR) is 43.4 cm³/mol. The number of carboxylic acid groups (broad SMARTS) is 1. The summed E-state index contributed by atoms with van der Waals surface area (Å²) >= 11 is 0. The second kappa shape index (κ2) is 4.11. The van der Waals surface area contributed by atoms with Gasteiger partial charge in [0, 0.05) is 6.42 Å². The van der Waals surface area contributed by atoms with Gasteiger partial charge in [-0.15, -0.1) is 0 Å². The molecule has 0 aromatic carbocycles. The summed E-state index contributed by atoms with van der Waals surface area (Å²) in [5.41, 5.74) is 0. The SMILES string of the molecule is O=C(O)C1CCC(F)(F)CN1C(=O)C(F)(F)F. The van der Waals surface area contributed by atoms with Crippen molar-refractivity contribution in [2.45, 2.75) is 31.0 Å². The van der Waals surface area contributed by atoms with Crippen molar-refractivity contribution in [3.05, 3.63) is 0 Å². The molecule has 1 aliphatic heterocycles. The van der Waals surface area contributed by atoms with Gasteiger partial charge < -0.3 is 10.0 Å². The molecule has 1 saturated heterocycles. The van der Waals surface area contributed by atoms with Crippen LogP contribution in [-0.4, -0.2) is 46.6 Å². The van der Waals surface area contributed by atoms with Gasteiger partial charge in [-0.05, 0) is 6.42 Å². The van der Waals surface area contributed by atoms with E-state index in [0.717, 1.165) is 0 Å². The molecule has 17 heavy (non-hydrogen) atoms. The lowest BCUT2D eigenvalue weighted by Gasteiger charge is -2.37. The fourth-order valence-electron chi connectivity index (χ4n) is 1.58. The minimum Gasteiger partial charge on any atom is -0.480 e. The first-order valence-corrected chi connectivity index (χ1v) is 4.53. The number of aliphatic carboxylic acids is 1. The third-order valence-electron chi connectivity index (χ3n) is 2.35. The van der Waals surface area contributed by atoms with Gasteiger partial charge in [0.15, 0.2) is 0 Å². The van der Waals surface area contributed by atoms with Gasteiger partial charge in [-0.1, -0.05) is 0 Å². The summed E-state index contributed by atoms with van der Waals surface area (Å²) in [5, 5.41) is 8.59. The summed E-state index contributed by atoms with van der Waals surface area (Å²) in [6.45, 7) is -1.53. The van der Waals surface area contributed by atoms with Crippen LogP contribution >= 0.6 is 0 Å². The van der Waals surface area contributed by atoms with E-state index < -0.39 is 49.4 Å². The molecule has 0 saturated carbocycles. The molecule has 1 atom stereocenters. The first kappa shape index (κ1) is 13.7. The molecule has 0 aliphatic carbocycles. The second-order valence-corrected chi connectivity index (χ2v) is 3.68. The van der Waals surface area contributed by atoms with E-state index in [1.165, 1.54) is 0 Å². The van der Waals surface area contributed by atoms with Crippen molar-refractivity contribution >= 4 is 11.9 Å². The van der Waals surface area contributed by atoms with Crippen LogP contribution in [-0.2, 0) is 9.59 Å². The number of likely N-dealkylation sites (tertiary alicyclic amines) is 1. The molecule has 0 aromatic rings. The van der Waals surface area contributed by atoms with Crippen molar-refractivity contribution in [2.75, 3.05) is 6.54 Å². The largest absolute Gasteiger partial charge is 0.480 e. The van der Waals surface area contributed by atoms with E-state index >= 15 is 0 Å². The van der Waals surface area contributed by atoms with Crippen molar-refractivity contribution in [3.8, 4) is 0 Å². The third-order valence-corrected chi connectivity index (χ3v) is 2.35. The molecular weight excluding hydrogens is 253 g/mol. The molecule has 9 heteroatoms. The van der Waals surface area contributed by atoms with Crippen molar-refractivity contribution in [1.82, 2.24) is 4.90 Å². The molecular formula is C8H8F5NO3. The first-order valence-electron chi connectivity index (χ1n) is 4.53. The normalized spacial score (nSPS) is 24.5. The number of carbonyl (C=O) groups is 2. The minimum atomic E-state index is -5.36. The average Bonchev–Trinajstić information content (AvgIpc) is 2.13. The Bertz CT molecular complexity index is 341. The van der Waals surface area contributed by atoms with Gasteiger partial charge in [0.05, 0.1) is 6.54 Å². The lowest BCUT2D eigenvalue weighted by atomic mass is 9.99. The number of carboxylic acids is 1. The number of hydrogen-bond donors (Lipinski definition) is 1. The summed E-state index contributed by atoms with van der Waals surface area (Å²) in [5.74, 6) is -7.77. The van der Waals surface area contributed by atoms with Crippen LogP contribution in [0.3, 0.4) is 0 Å². The molecule has 1 rings (SSSR count). The maximum atomic E-state index is 12.9. The Hall–Kier alpha value is -1.41. The Morgan fingerprint density at radius 1 is 1.29 bits per heavy atom. The van der Waals surface area contributed by atoms with Crippen molar-refractivity contribution < 1.29 is 36.6 Å². The first-order chi connectivity index (χ1) is 7.54. The van der Waals surface area contributed by atoms with E-state index in [0.29, 0.717) is 0 Å². The molecule has 98 valence electrons. The number of amides is 1. The lowest BCUT2D eigenvalue weighted by molar-refractivity contribution is -0.199. The molecule has 1 N–H and O–H groups in total. The number of piperidine rings is 1. The van der Waals surface area contributed by atoms with Gasteiger partial charge in [-0.2, -0.15) is 13.2 Å². The molecule has 1 amide bonds. The molecule has 1 unspecified atom stereocenters. The Morgan fingerprint density at radius 3 is 2.24 bits per heavy atom. The highest BCUT2D eigenvalue weighted by Crippen LogP contribution is 2.33. The van der Waals surface area contributed by atoms with E-state index in [4.69, 9.17) is 5.11 Å². The van der Waals surface area contributed by atoms with Crippen LogP contribution in [0, 0.1) is 0 Å². The van der Waals surface area contributed by atoms with Gasteiger partial charge in [-0.3, -0.25) is 4.79 Å². The standard InChI is InChI=1S/C8H8F5NO3/c9-7(10)2-1-4(5(15)16)14(3-7)6(17)8(11,12)13/h4H,1-3H2,(H,15,16). The van der Waals surface area contributed by atoms with Gasteiger partial charge in [0.1, 0.15) is 6.04 Å². The topological polar surface area (TPSA) is 57.6 Å². The fraction of sp³-hybridized carbons (Fsp3) is 0.750. The smallest absolute Gasteiger partial charge is 0.471 e. The third kappa shape index (κ3) is 3.04. The molecule has 1 heterocycles. The van der Waals surface area contributed by atoms with Crippen LogP contribution in [0.5, 0.6) is 0 Å². The summed E-state index contributed by atoms with van der Waals surface area (Å²) in [6, 6.07) is -1.86. The van der Waals surface area contributed by atoms with E-state index in [-0.39, 0.29) is 4.90 Å². The van der Waals surface area contributed by atoms with E-state index in [1.54, 1.807) is 0 Å². The maximum absolute atomic E-state index is 12.9. The molecule has 0 bridgehead atoms. The molecule has 1 aliphatic rings. The van der Waals surface area contributed by atoms with Crippen LogP contribution in [0.4, 0.5) is 22.0 Å². The zero-order chi connectivity index (χ0) is 13.4. The number of rotatable bonds is 1. The monoisotopic (exact) mass is 261 g/mol. The van der Waals surface area contributed by atoms with Crippen LogP contribution in [0.1, 0.15) is 12.8 Å². The molecule has 4 nitrogen and oxygen atoms in total. The zero-order valence-corrected chi connectivity index (χ0v) is 8.30. The van der Waals surface area contributed by atoms with Gasteiger partial charge in [-0.25, -0.2) is 13.6 Å². The van der Waals surface area contributed by atoms with Gasteiger partial charge >= 0.3 is 18.1 Å². The quantitative estimate of drug-likeness (QED) is 0.723. The number of halogens is 5. The Balaban J connectivity index is 2.97. The molecule has 0 spiro atoms. The molecule has 0 radical (unpaired) electrons. The van der Waals surface area contributed by atoms with Gasteiger partial charge in [0.2, 0.25) is 0 Å². The number of hydrogen-bond acceptors (Lipinski definition) is 2. The van der Waals surface area contributed by atoms with Gasteiger partial charge in [0.25, 0.3) is 5.92 Å². The van der Waals surface area contributed by atoms with E-state index in [2.05, 4.69) is 0 Å². The average molecular weight is 261 g/mol. The van der Waals surface area contributed by atoms with Crippen LogP contribution in [0.25, 0.3) is 0 Å². The highest BCUT2D eigenvalue weighted by atomic mass is 19.4. The van der Waals surface area contributed by atoms with Crippen molar-refractivity contribution in [2.24, 2.45) is 0 Å². The predicted octanol–water partition coefficient (Wildman–Crippen LogP) is 1.26. The fourth-order valence-corrected chi connectivity index (χ4v) is 1.58. The Morgan fingerprint density at radius 2 is 1.82 bits per heavy atom. The second-order valence-electron chi connectivity index (χ2n) is 3.68. The maximum Gasteiger partial charge on any atom is 0.471 e.